The summed E-state index contributed by atoms with van der Waals surface area (Å²) in [7, 11) is 0. The fourth-order valence-corrected chi connectivity index (χ4v) is 0.997. The van der Waals surface area contributed by atoms with E-state index in [-0.39, 0.29) is 18.2 Å². The van der Waals surface area contributed by atoms with Gasteiger partial charge in [-0.2, -0.15) is 0 Å². The van der Waals surface area contributed by atoms with Crippen molar-refractivity contribution < 1.29 is 0 Å². The van der Waals surface area contributed by atoms with Crippen LogP contribution in [0.2, 0.25) is 0 Å². The van der Waals surface area contributed by atoms with Gasteiger partial charge in [-0.15, -0.1) is 12.4 Å². The van der Waals surface area contributed by atoms with E-state index in [1.165, 1.54) is 0 Å². The summed E-state index contributed by atoms with van der Waals surface area (Å²) in [6, 6.07) is 1.96. The number of nitrogens with one attached hydrogen (secondary N) is 1. The van der Waals surface area contributed by atoms with Crippen LogP contribution < -0.4 is 5.73 Å². The largest absolute Gasteiger partial charge is 0.382 e. The lowest BCUT2D eigenvalue weighted by atomic mass is 10.1. The summed E-state index contributed by atoms with van der Waals surface area (Å²) in [5, 5.41) is 7.16. The van der Waals surface area contributed by atoms with Crippen LogP contribution in [0, 0.1) is 19.3 Å². The molecule has 0 bridgehead atoms. The normalized spacial score (nSPS) is 8.83. The minimum absolute atomic E-state index is 0. The Bertz CT molecular complexity index is 296. The van der Waals surface area contributed by atoms with Gasteiger partial charge in [0.15, 0.2) is 0 Å². The fraction of sp³-hybridized carbons (Fsp3) is 0.250. The first-order valence-corrected chi connectivity index (χ1v) is 3.39. The third-order valence-corrected chi connectivity index (χ3v) is 1.47. The maximum absolute atomic E-state index is 7.16. The lowest BCUT2D eigenvalue weighted by Gasteiger charge is -2.01. The van der Waals surface area contributed by atoms with Crippen LogP contribution in [0.25, 0.3) is 0 Å². The second kappa shape index (κ2) is 4.07. The van der Waals surface area contributed by atoms with E-state index in [0.29, 0.717) is 5.69 Å². The highest BCUT2D eigenvalue weighted by Crippen LogP contribution is 2.05. The lowest BCUT2D eigenvalue weighted by molar-refractivity contribution is 1.17. The van der Waals surface area contributed by atoms with Gasteiger partial charge in [0.2, 0.25) is 0 Å². The van der Waals surface area contributed by atoms with Crippen LogP contribution in [0.1, 0.15) is 16.8 Å². The summed E-state index contributed by atoms with van der Waals surface area (Å²) >= 11 is 0. The molecule has 3 N–H and O–H groups in total. The number of nitrogen functional groups attached to an aromatic ring is 1. The molecular weight excluding hydrogens is 174 g/mol. The second-order valence-corrected chi connectivity index (χ2v) is 2.59. The van der Waals surface area contributed by atoms with Crippen molar-refractivity contribution in [3.63, 3.8) is 0 Å². The van der Waals surface area contributed by atoms with Crippen LogP contribution >= 0.6 is 12.4 Å². The van der Waals surface area contributed by atoms with Crippen molar-refractivity contribution in [3.05, 3.63) is 29.1 Å². The summed E-state index contributed by atoms with van der Waals surface area (Å²) in [5.41, 5.74) is 7.91. The molecule has 0 saturated heterocycles. The van der Waals surface area contributed by atoms with Gasteiger partial charge in [0, 0.05) is 6.20 Å². The highest BCUT2D eigenvalue weighted by Gasteiger charge is 2.01. The van der Waals surface area contributed by atoms with Gasteiger partial charge in [-0.25, -0.2) is 0 Å². The average Bonchev–Trinajstić information content (AvgIpc) is 1.85. The monoisotopic (exact) mass is 185 g/mol. The highest BCUT2D eigenvalue weighted by atomic mass is 35.5. The summed E-state index contributed by atoms with van der Waals surface area (Å²) < 4.78 is 0. The summed E-state index contributed by atoms with van der Waals surface area (Å²) in [6.45, 7) is 3.86. The van der Waals surface area contributed by atoms with Gasteiger partial charge in [0.05, 0.1) is 0 Å². The Morgan fingerprint density at radius 2 is 2.08 bits per heavy atom. The Kier molecular flexibility index (Phi) is 3.70. The van der Waals surface area contributed by atoms with Gasteiger partial charge in [0.25, 0.3) is 0 Å². The van der Waals surface area contributed by atoms with Crippen molar-refractivity contribution in [2.45, 2.75) is 13.8 Å². The quantitative estimate of drug-likeness (QED) is 0.513. The number of pyridine rings is 1. The molecule has 0 aliphatic carbocycles. The van der Waals surface area contributed by atoms with Gasteiger partial charge in [0.1, 0.15) is 11.5 Å². The predicted octanol–water partition coefficient (Wildman–Crippen LogP) is 1.40. The van der Waals surface area contributed by atoms with Gasteiger partial charge in [-0.3, -0.25) is 10.4 Å². The van der Waals surface area contributed by atoms with E-state index in [0.717, 1.165) is 11.1 Å². The summed E-state index contributed by atoms with van der Waals surface area (Å²) in [5.74, 6) is 0.0301. The first-order chi connectivity index (χ1) is 5.11. The zero-order chi connectivity index (χ0) is 8.43. The number of amidine groups is 1. The van der Waals surface area contributed by atoms with Crippen molar-refractivity contribution >= 4 is 18.2 Å². The van der Waals surface area contributed by atoms with Crippen LogP contribution in [-0.2, 0) is 0 Å². The fourth-order valence-electron chi connectivity index (χ4n) is 0.997. The molecule has 1 rings (SSSR count). The Labute approximate surface area is 77.9 Å². The van der Waals surface area contributed by atoms with Crippen LogP contribution in [0.4, 0.5) is 0 Å². The molecule has 0 radical (unpaired) electrons. The Balaban J connectivity index is 0.00000121. The second-order valence-electron chi connectivity index (χ2n) is 2.59. The van der Waals surface area contributed by atoms with Crippen molar-refractivity contribution in [3.8, 4) is 0 Å². The van der Waals surface area contributed by atoms with E-state index in [4.69, 9.17) is 11.1 Å². The van der Waals surface area contributed by atoms with Gasteiger partial charge < -0.3 is 5.73 Å². The first-order valence-electron chi connectivity index (χ1n) is 3.39. The molecule has 66 valence electrons. The molecule has 3 nitrogen and oxygen atoms in total. The zero-order valence-corrected chi connectivity index (χ0v) is 7.90. The van der Waals surface area contributed by atoms with Crippen LogP contribution in [-0.4, -0.2) is 10.8 Å². The molecule has 0 saturated carbocycles. The molecule has 0 atom stereocenters. The van der Waals surface area contributed by atoms with E-state index in [9.17, 15) is 0 Å². The minimum atomic E-state index is 0. The number of rotatable bonds is 1. The minimum Gasteiger partial charge on any atom is -0.382 e. The molecule has 1 aromatic rings. The Hall–Kier alpha value is -1.09. The predicted molar refractivity (Wildman–Crippen MR) is 52.0 cm³/mol. The number of nitrogens with zero attached hydrogens (tertiary/aromatic N) is 1. The number of halogens is 1. The molecule has 0 aliphatic heterocycles. The molecule has 0 aromatic carbocycles. The highest BCUT2D eigenvalue weighted by molar-refractivity contribution is 5.94. The molecule has 0 aliphatic rings. The van der Waals surface area contributed by atoms with Crippen LogP contribution in [0.5, 0.6) is 0 Å². The molecular formula is C8H12ClN3. The van der Waals surface area contributed by atoms with Gasteiger partial charge >= 0.3 is 0 Å². The molecule has 4 heteroatoms. The topological polar surface area (TPSA) is 62.8 Å². The van der Waals surface area contributed by atoms with Gasteiger partial charge in [-0.1, -0.05) is 6.07 Å². The van der Waals surface area contributed by atoms with Crippen molar-refractivity contribution in [1.82, 2.24) is 4.98 Å². The third kappa shape index (κ3) is 2.20. The number of aryl methyl sites for hydroxylation is 2. The maximum Gasteiger partial charge on any atom is 0.142 e. The lowest BCUT2D eigenvalue weighted by Crippen LogP contribution is -2.14. The van der Waals surface area contributed by atoms with E-state index in [1.807, 2.05) is 19.9 Å². The van der Waals surface area contributed by atoms with Crippen LogP contribution in [0.15, 0.2) is 12.3 Å². The van der Waals surface area contributed by atoms with E-state index < -0.39 is 0 Å². The Morgan fingerprint density at radius 1 is 1.50 bits per heavy atom. The summed E-state index contributed by atoms with van der Waals surface area (Å²) in [6.07, 6.45) is 1.71. The molecule has 0 amide bonds. The molecule has 0 spiro atoms. The molecule has 0 fully saturated rings. The zero-order valence-electron chi connectivity index (χ0n) is 7.09. The molecule has 1 heterocycles. The van der Waals surface area contributed by atoms with Gasteiger partial charge in [-0.05, 0) is 25.0 Å². The number of nitrogens with two attached hydrogens (primary N) is 1. The van der Waals surface area contributed by atoms with Crippen molar-refractivity contribution in [2.75, 3.05) is 0 Å². The van der Waals surface area contributed by atoms with Crippen molar-refractivity contribution in [1.29, 1.82) is 5.41 Å². The smallest absolute Gasteiger partial charge is 0.142 e. The van der Waals surface area contributed by atoms with E-state index in [1.54, 1.807) is 6.20 Å². The first kappa shape index (κ1) is 10.9. The molecule has 0 unspecified atom stereocenters. The summed E-state index contributed by atoms with van der Waals surface area (Å²) in [4.78, 5) is 4.03. The SMILES string of the molecule is Cc1cnc(C(=N)N)c(C)c1.Cl. The number of hydrogen-bond donors (Lipinski definition) is 2. The Morgan fingerprint density at radius 3 is 2.50 bits per heavy atom. The third-order valence-electron chi connectivity index (χ3n) is 1.47. The number of aromatic nitrogens is 1. The van der Waals surface area contributed by atoms with Crippen LogP contribution in [0.3, 0.4) is 0 Å². The van der Waals surface area contributed by atoms with E-state index in [2.05, 4.69) is 4.98 Å². The number of hydrogen-bond acceptors (Lipinski definition) is 2. The standard InChI is InChI=1S/C8H11N3.ClH/c1-5-3-6(2)7(8(9)10)11-4-5;/h3-4H,1-2H3,(H3,9,10);1H. The van der Waals surface area contributed by atoms with E-state index >= 15 is 0 Å². The van der Waals surface area contributed by atoms with Crippen molar-refractivity contribution in [2.24, 2.45) is 5.73 Å². The average molecular weight is 186 g/mol. The molecule has 12 heavy (non-hydrogen) atoms. The maximum atomic E-state index is 7.16. The molecule has 1 aromatic heterocycles.